The van der Waals surface area contributed by atoms with Crippen LogP contribution in [-0.4, -0.2) is 46.6 Å². The van der Waals surface area contributed by atoms with E-state index in [0.29, 0.717) is 24.0 Å². The van der Waals surface area contributed by atoms with Crippen LogP contribution in [0.2, 0.25) is 0 Å². The third-order valence-electron chi connectivity index (χ3n) is 5.28. The maximum absolute atomic E-state index is 12.4. The van der Waals surface area contributed by atoms with Crippen molar-refractivity contribution >= 4 is 11.9 Å². The molecule has 0 aromatic heterocycles. The van der Waals surface area contributed by atoms with E-state index in [0.717, 1.165) is 0 Å². The first-order valence-corrected chi connectivity index (χ1v) is 8.98. The number of aliphatic hydroxyl groups excluding tert-OH is 2. The van der Waals surface area contributed by atoms with E-state index in [2.05, 4.69) is 6.58 Å². The largest absolute Gasteiger partial charge is 0.458 e. The summed E-state index contributed by atoms with van der Waals surface area (Å²) in [6.07, 6.45) is 0.672. The van der Waals surface area contributed by atoms with Gasteiger partial charge in [-0.15, -0.1) is 0 Å². The highest BCUT2D eigenvalue weighted by Crippen LogP contribution is 2.36. The summed E-state index contributed by atoms with van der Waals surface area (Å²) >= 11 is 0. The Bertz CT molecular complexity index is 647. The van der Waals surface area contributed by atoms with Gasteiger partial charge in [-0.1, -0.05) is 26.5 Å². The summed E-state index contributed by atoms with van der Waals surface area (Å²) in [6, 6.07) is 0. The molecule has 26 heavy (non-hydrogen) atoms. The van der Waals surface area contributed by atoms with E-state index in [9.17, 15) is 19.8 Å². The van der Waals surface area contributed by atoms with Crippen molar-refractivity contribution in [2.24, 2.45) is 11.8 Å². The summed E-state index contributed by atoms with van der Waals surface area (Å²) in [6.45, 7) is 10.9. The van der Waals surface area contributed by atoms with Crippen molar-refractivity contribution < 1.29 is 29.3 Å². The van der Waals surface area contributed by atoms with Crippen LogP contribution in [0.1, 0.15) is 40.5 Å². The van der Waals surface area contributed by atoms with Crippen molar-refractivity contribution in [3.8, 4) is 0 Å². The SMILES string of the molecule is C=C1C(=O)O[C@H]2/C=C(\C)[C@H](O)C/C=C(/C)[C@@H](O)[C@H](OC(=O)[C@@H](C)CC)[C@@H]12. The number of rotatable bonds is 3. The van der Waals surface area contributed by atoms with Gasteiger partial charge in [0.25, 0.3) is 0 Å². The van der Waals surface area contributed by atoms with Crippen LogP contribution in [-0.2, 0) is 19.1 Å². The molecule has 2 N–H and O–H groups in total. The molecular weight excluding hydrogens is 336 g/mol. The minimum Gasteiger partial charge on any atom is -0.458 e. The van der Waals surface area contributed by atoms with Gasteiger partial charge < -0.3 is 19.7 Å². The summed E-state index contributed by atoms with van der Waals surface area (Å²) in [7, 11) is 0. The highest BCUT2D eigenvalue weighted by atomic mass is 16.6. The van der Waals surface area contributed by atoms with Gasteiger partial charge in [0, 0.05) is 5.57 Å². The molecular formula is C20H28O6. The molecule has 1 heterocycles. The topological polar surface area (TPSA) is 93.1 Å². The molecule has 0 spiro atoms. The third kappa shape index (κ3) is 4.07. The van der Waals surface area contributed by atoms with Crippen LogP contribution in [0.25, 0.3) is 0 Å². The van der Waals surface area contributed by atoms with Crippen LogP contribution in [0.4, 0.5) is 0 Å². The van der Waals surface area contributed by atoms with Crippen molar-refractivity contribution in [1.29, 1.82) is 0 Å². The van der Waals surface area contributed by atoms with Crippen LogP contribution in [0.3, 0.4) is 0 Å². The molecule has 2 aliphatic rings. The van der Waals surface area contributed by atoms with Gasteiger partial charge in [-0.3, -0.25) is 4.79 Å². The lowest BCUT2D eigenvalue weighted by atomic mass is 9.83. The molecule has 6 nitrogen and oxygen atoms in total. The summed E-state index contributed by atoms with van der Waals surface area (Å²) in [5.41, 5.74) is 1.37. The fraction of sp³-hybridized carbons (Fsp3) is 0.600. The molecule has 6 atom stereocenters. The van der Waals surface area contributed by atoms with Gasteiger partial charge >= 0.3 is 11.9 Å². The standard InChI is InChI=1S/C20H28O6/c1-6-10(2)19(23)26-18-16-13(5)20(24)25-15(16)9-12(4)14(21)8-7-11(3)17(18)22/h7,9-10,14-18,21-22H,5-6,8H2,1-4H3/b11-7-,12-9+/t10-,14+,15-,16-,17+,18+/m0/s1. The molecule has 1 aliphatic carbocycles. The zero-order valence-corrected chi connectivity index (χ0v) is 15.8. The maximum atomic E-state index is 12.4. The lowest BCUT2D eigenvalue weighted by Gasteiger charge is -2.32. The van der Waals surface area contributed by atoms with E-state index in [-0.39, 0.29) is 11.5 Å². The van der Waals surface area contributed by atoms with E-state index in [1.165, 1.54) is 0 Å². The van der Waals surface area contributed by atoms with Gasteiger partial charge in [-0.05, 0) is 43.9 Å². The second-order valence-electron chi connectivity index (χ2n) is 7.19. The van der Waals surface area contributed by atoms with Crippen LogP contribution in [0.15, 0.2) is 35.5 Å². The number of carbonyl (C=O) groups excluding carboxylic acids is 2. The summed E-state index contributed by atoms with van der Waals surface area (Å²) in [4.78, 5) is 24.5. The van der Waals surface area contributed by atoms with Crippen LogP contribution < -0.4 is 0 Å². The molecule has 2 rings (SSSR count). The lowest BCUT2D eigenvalue weighted by molar-refractivity contribution is -0.162. The minimum atomic E-state index is -1.12. The molecule has 1 aliphatic heterocycles. The Labute approximate surface area is 154 Å². The number of hydrogen-bond donors (Lipinski definition) is 2. The number of hydrogen-bond acceptors (Lipinski definition) is 6. The number of esters is 2. The fourth-order valence-electron chi connectivity index (χ4n) is 3.11. The summed E-state index contributed by atoms with van der Waals surface area (Å²) < 4.78 is 11.0. The molecule has 6 heteroatoms. The van der Waals surface area contributed by atoms with Crippen molar-refractivity contribution in [3.63, 3.8) is 0 Å². The molecule has 0 bridgehead atoms. The van der Waals surface area contributed by atoms with Gasteiger partial charge in [0.1, 0.15) is 18.3 Å². The van der Waals surface area contributed by atoms with E-state index in [1.54, 1.807) is 32.9 Å². The Morgan fingerprint density at radius 1 is 1.38 bits per heavy atom. The predicted octanol–water partition coefficient (Wildman–Crippen LogP) is 2.06. The Balaban J connectivity index is 2.47. The molecule has 0 amide bonds. The number of carbonyl (C=O) groups is 2. The summed E-state index contributed by atoms with van der Waals surface area (Å²) in [5.74, 6) is -2.07. The van der Waals surface area contributed by atoms with E-state index in [1.807, 2.05) is 6.92 Å². The average molecular weight is 364 g/mol. The minimum absolute atomic E-state index is 0.155. The second-order valence-corrected chi connectivity index (χ2v) is 7.19. The molecule has 144 valence electrons. The second kappa shape index (κ2) is 8.18. The Morgan fingerprint density at radius 3 is 2.65 bits per heavy atom. The van der Waals surface area contributed by atoms with Crippen molar-refractivity contribution in [2.45, 2.75) is 65.0 Å². The van der Waals surface area contributed by atoms with Gasteiger partial charge in [0.2, 0.25) is 0 Å². The zero-order chi connectivity index (χ0) is 19.6. The van der Waals surface area contributed by atoms with E-state index >= 15 is 0 Å². The fourth-order valence-corrected chi connectivity index (χ4v) is 3.11. The van der Waals surface area contributed by atoms with Gasteiger partial charge in [0.05, 0.1) is 17.9 Å². The number of fused-ring (bicyclic) bond motifs is 1. The molecule has 0 aromatic rings. The number of aliphatic hydroxyl groups is 2. The average Bonchev–Trinajstić information content (AvgIpc) is 2.88. The zero-order valence-electron chi connectivity index (χ0n) is 15.8. The number of ether oxygens (including phenoxy) is 2. The van der Waals surface area contributed by atoms with E-state index < -0.39 is 42.3 Å². The van der Waals surface area contributed by atoms with E-state index in [4.69, 9.17) is 9.47 Å². The quantitative estimate of drug-likeness (QED) is 0.452. The van der Waals surface area contributed by atoms with Gasteiger partial charge in [-0.2, -0.15) is 0 Å². The first-order valence-electron chi connectivity index (χ1n) is 8.98. The lowest BCUT2D eigenvalue weighted by Crippen LogP contribution is -2.43. The normalized spacial score (nSPS) is 37.5. The Hall–Kier alpha value is -1.92. The third-order valence-corrected chi connectivity index (χ3v) is 5.28. The Morgan fingerprint density at radius 2 is 2.04 bits per heavy atom. The van der Waals surface area contributed by atoms with Crippen LogP contribution in [0, 0.1) is 11.8 Å². The van der Waals surface area contributed by atoms with Crippen molar-refractivity contribution in [2.75, 3.05) is 0 Å². The monoisotopic (exact) mass is 364 g/mol. The molecule has 1 fully saturated rings. The Kier molecular flexibility index (Phi) is 6.42. The van der Waals surface area contributed by atoms with Crippen molar-refractivity contribution in [3.05, 3.63) is 35.5 Å². The molecule has 0 aromatic carbocycles. The smallest absolute Gasteiger partial charge is 0.334 e. The molecule has 0 unspecified atom stereocenters. The summed E-state index contributed by atoms with van der Waals surface area (Å²) in [5, 5.41) is 21.0. The molecule has 0 saturated carbocycles. The first-order chi connectivity index (χ1) is 12.2. The first kappa shape index (κ1) is 20.4. The predicted molar refractivity (Wildman–Crippen MR) is 96.0 cm³/mol. The van der Waals surface area contributed by atoms with Gasteiger partial charge in [-0.25, -0.2) is 4.79 Å². The highest BCUT2D eigenvalue weighted by molar-refractivity contribution is 5.91. The van der Waals surface area contributed by atoms with Gasteiger partial charge in [0.15, 0.2) is 0 Å². The maximum Gasteiger partial charge on any atom is 0.334 e. The highest BCUT2D eigenvalue weighted by Gasteiger charge is 2.47. The van der Waals surface area contributed by atoms with Crippen molar-refractivity contribution in [1.82, 2.24) is 0 Å². The molecule has 1 saturated heterocycles. The van der Waals surface area contributed by atoms with Crippen LogP contribution in [0.5, 0.6) is 0 Å². The molecule has 0 radical (unpaired) electrons. The van der Waals surface area contributed by atoms with Crippen LogP contribution >= 0.6 is 0 Å².